The second kappa shape index (κ2) is 5.17. The van der Waals surface area contributed by atoms with Gasteiger partial charge in [-0.05, 0) is 6.42 Å². The Morgan fingerprint density at radius 3 is 2.78 bits per heavy atom. The Kier molecular flexibility index (Phi) is 4.61. The smallest absolute Gasteiger partial charge is 0.266 e. The van der Waals surface area contributed by atoms with Gasteiger partial charge in [0.15, 0.2) is 0 Å². The Bertz CT molecular complexity index is 112. The van der Waals surface area contributed by atoms with Crippen molar-refractivity contribution in [1.29, 1.82) is 0 Å². The van der Waals surface area contributed by atoms with Crippen LogP contribution in [-0.4, -0.2) is 17.6 Å². The molecule has 0 aliphatic carbocycles. The van der Waals surface area contributed by atoms with Crippen molar-refractivity contribution >= 4 is 5.91 Å². The van der Waals surface area contributed by atoms with Crippen LogP contribution in [0.2, 0.25) is 0 Å². The van der Waals surface area contributed by atoms with E-state index in [1.165, 1.54) is 0 Å². The van der Waals surface area contributed by atoms with Gasteiger partial charge in [-0.3, -0.25) is 4.79 Å². The first-order valence-corrected chi connectivity index (χ1v) is 2.56. The van der Waals surface area contributed by atoms with Gasteiger partial charge < -0.3 is 10.9 Å². The van der Waals surface area contributed by atoms with Crippen molar-refractivity contribution in [3.05, 3.63) is 0 Å². The topological polar surface area (TPSA) is 88.0 Å². The predicted molar refractivity (Wildman–Crippen MR) is 30.4 cm³/mol. The molecule has 0 radical (unpaired) electrons. The molecule has 0 aliphatic rings. The summed E-state index contributed by atoms with van der Waals surface area (Å²) in [5.74, 6) is 4.18. The van der Waals surface area contributed by atoms with Gasteiger partial charge in [0.05, 0.1) is 0 Å². The quantitative estimate of drug-likeness (QED) is 0.310. The molecule has 0 saturated heterocycles. The summed E-state index contributed by atoms with van der Waals surface area (Å²) in [5.41, 5.74) is 0. The highest BCUT2D eigenvalue weighted by atomic mass is 16.3. The van der Waals surface area contributed by atoms with Crippen molar-refractivity contribution in [2.75, 3.05) is 6.61 Å². The first kappa shape index (κ1) is 8.03. The third-order valence-corrected chi connectivity index (χ3v) is 0.718. The first-order chi connectivity index (χ1) is 4.31. The van der Waals surface area contributed by atoms with Gasteiger partial charge in [-0.25, -0.2) is 0 Å². The van der Waals surface area contributed by atoms with Crippen LogP contribution in [0, 0.1) is 0 Å². The summed E-state index contributed by atoms with van der Waals surface area (Å²) in [7, 11) is 0. The molecular weight excluding hydrogens is 122 g/mol. The van der Waals surface area contributed by atoms with Crippen LogP contribution >= 0.6 is 0 Å². The van der Waals surface area contributed by atoms with Crippen LogP contribution in [0.15, 0.2) is 10.3 Å². The van der Waals surface area contributed by atoms with Gasteiger partial charge in [0.1, 0.15) is 0 Å². The minimum absolute atomic E-state index is 0.00810. The zero-order valence-corrected chi connectivity index (χ0v) is 4.95. The first-order valence-electron chi connectivity index (χ1n) is 2.56. The number of aliphatic hydroxyl groups excluding tert-OH is 1. The normalized spacial score (nSPS) is 10.3. The van der Waals surface area contributed by atoms with Crippen molar-refractivity contribution in [3.8, 4) is 0 Å². The van der Waals surface area contributed by atoms with Crippen LogP contribution < -0.4 is 5.84 Å². The monoisotopic (exact) mass is 131 g/mol. The molecule has 0 saturated carbocycles. The van der Waals surface area contributed by atoms with E-state index in [2.05, 4.69) is 16.2 Å². The molecule has 0 aromatic carbocycles. The summed E-state index contributed by atoms with van der Waals surface area (Å²) in [6, 6.07) is 0. The van der Waals surface area contributed by atoms with Crippen LogP contribution in [0.4, 0.5) is 0 Å². The molecule has 0 aromatic rings. The van der Waals surface area contributed by atoms with Crippen molar-refractivity contribution in [3.63, 3.8) is 0 Å². The summed E-state index contributed by atoms with van der Waals surface area (Å²) in [6.45, 7) is -0.00810. The second-order valence-electron chi connectivity index (χ2n) is 1.44. The Morgan fingerprint density at radius 2 is 2.33 bits per heavy atom. The molecule has 0 fully saturated rings. The minimum atomic E-state index is -0.397. The van der Waals surface area contributed by atoms with Crippen LogP contribution in [0.3, 0.4) is 0 Å². The van der Waals surface area contributed by atoms with E-state index in [0.717, 1.165) is 0 Å². The molecule has 0 aromatic heterocycles. The Balaban J connectivity index is 3.27. The molecule has 0 atom stereocenters. The lowest BCUT2D eigenvalue weighted by Gasteiger charge is -1.87. The molecule has 1 amide bonds. The van der Waals surface area contributed by atoms with Gasteiger partial charge in [0, 0.05) is 13.0 Å². The van der Waals surface area contributed by atoms with E-state index >= 15 is 0 Å². The summed E-state index contributed by atoms with van der Waals surface area (Å²) >= 11 is 0. The van der Waals surface area contributed by atoms with Gasteiger partial charge in [0.2, 0.25) is 0 Å². The maximum absolute atomic E-state index is 10.4. The fourth-order valence-electron chi connectivity index (χ4n) is 0.345. The number of amides is 1. The summed E-state index contributed by atoms with van der Waals surface area (Å²) in [5, 5.41) is 14.0. The van der Waals surface area contributed by atoms with E-state index in [1.807, 2.05) is 0 Å². The Labute approximate surface area is 52.5 Å². The molecule has 0 rings (SSSR count). The molecule has 3 N–H and O–H groups in total. The summed E-state index contributed by atoms with van der Waals surface area (Å²) < 4.78 is 0. The summed E-state index contributed by atoms with van der Waals surface area (Å²) in [6.07, 6.45) is 0.620. The van der Waals surface area contributed by atoms with E-state index in [1.54, 1.807) is 0 Å². The molecule has 0 bridgehead atoms. The largest absolute Gasteiger partial charge is 0.396 e. The number of carbonyl (C=O) groups excluding carboxylic acids is 1. The molecule has 9 heavy (non-hydrogen) atoms. The van der Waals surface area contributed by atoms with E-state index in [0.29, 0.717) is 6.42 Å². The molecule has 0 spiro atoms. The highest BCUT2D eigenvalue weighted by Gasteiger charge is 1.95. The maximum Gasteiger partial charge on any atom is 0.266 e. The Morgan fingerprint density at radius 1 is 1.67 bits per heavy atom. The van der Waals surface area contributed by atoms with E-state index in [4.69, 9.17) is 5.11 Å². The van der Waals surface area contributed by atoms with Gasteiger partial charge >= 0.3 is 0 Å². The highest BCUT2D eigenvalue weighted by Crippen LogP contribution is 1.89. The number of nitrogens with zero attached hydrogens (tertiary/aromatic N) is 2. The zero-order chi connectivity index (χ0) is 7.11. The number of aliphatic hydroxyl groups is 1. The van der Waals surface area contributed by atoms with E-state index in [-0.39, 0.29) is 13.0 Å². The maximum atomic E-state index is 10.4. The number of nitrogens with two attached hydrogens (primary N) is 1. The molecule has 0 aliphatic heterocycles. The minimum Gasteiger partial charge on any atom is -0.396 e. The van der Waals surface area contributed by atoms with Gasteiger partial charge in [-0.1, -0.05) is 10.3 Å². The number of hydrogen-bond acceptors (Lipinski definition) is 3. The highest BCUT2D eigenvalue weighted by molar-refractivity contribution is 5.76. The fraction of sp³-hybridized carbons (Fsp3) is 0.750. The second-order valence-corrected chi connectivity index (χ2v) is 1.44. The fourth-order valence-corrected chi connectivity index (χ4v) is 0.345. The van der Waals surface area contributed by atoms with Crippen molar-refractivity contribution < 1.29 is 9.90 Å². The summed E-state index contributed by atoms with van der Waals surface area (Å²) in [4.78, 5) is 10.4. The lowest BCUT2D eigenvalue weighted by atomic mass is 10.3. The number of rotatable bonds is 3. The van der Waals surface area contributed by atoms with Crippen molar-refractivity contribution in [2.45, 2.75) is 12.8 Å². The molecule has 52 valence electrons. The average Bonchev–Trinajstić information content (AvgIpc) is 1.85. The molecule has 5 nitrogen and oxygen atoms in total. The van der Waals surface area contributed by atoms with Crippen LogP contribution in [-0.2, 0) is 4.79 Å². The van der Waals surface area contributed by atoms with Gasteiger partial charge in [-0.15, -0.1) is 0 Å². The van der Waals surface area contributed by atoms with E-state index in [9.17, 15) is 4.79 Å². The van der Waals surface area contributed by atoms with Gasteiger partial charge in [-0.2, -0.15) is 0 Å². The van der Waals surface area contributed by atoms with Crippen molar-refractivity contribution in [1.82, 2.24) is 0 Å². The SMILES string of the molecule is NN=NC(=O)CCCO. The average molecular weight is 131 g/mol. The molecule has 0 heterocycles. The molecule has 5 heteroatoms. The van der Waals surface area contributed by atoms with Crippen LogP contribution in [0.5, 0.6) is 0 Å². The molecular formula is C4H9N3O2. The van der Waals surface area contributed by atoms with Gasteiger partial charge in [0.25, 0.3) is 5.91 Å². The molecule has 0 unspecified atom stereocenters. The lowest BCUT2D eigenvalue weighted by Crippen LogP contribution is -1.95. The zero-order valence-electron chi connectivity index (χ0n) is 4.95. The third kappa shape index (κ3) is 4.89. The standard InChI is InChI=1S/C4H9N3O2/c5-7-6-4(9)2-1-3-8/h8H,1-3H2,(H2,5,6,9). The third-order valence-electron chi connectivity index (χ3n) is 0.718. The number of hydrogen-bond donors (Lipinski definition) is 2. The Hall–Kier alpha value is -0.970. The predicted octanol–water partition coefficient (Wildman–Crippen LogP) is -0.389. The number of carbonyl (C=O) groups is 1. The van der Waals surface area contributed by atoms with Crippen LogP contribution in [0.25, 0.3) is 0 Å². The van der Waals surface area contributed by atoms with E-state index < -0.39 is 5.91 Å². The lowest BCUT2D eigenvalue weighted by molar-refractivity contribution is -0.118. The van der Waals surface area contributed by atoms with Crippen molar-refractivity contribution in [2.24, 2.45) is 16.2 Å². The van der Waals surface area contributed by atoms with Crippen LogP contribution in [0.1, 0.15) is 12.8 Å².